The number of hydrogen-bond acceptors (Lipinski definition) is 7. The summed E-state index contributed by atoms with van der Waals surface area (Å²) in [5.74, 6) is -0.00194. The van der Waals surface area contributed by atoms with Crippen molar-refractivity contribution < 1.29 is 14.3 Å². The van der Waals surface area contributed by atoms with Crippen LogP contribution in [-0.2, 0) is 9.53 Å². The number of fused-ring (bicyclic) bond motifs is 1. The van der Waals surface area contributed by atoms with Crippen LogP contribution in [0.5, 0.6) is 0 Å². The first kappa shape index (κ1) is 14.5. The zero-order valence-corrected chi connectivity index (χ0v) is 13.2. The van der Waals surface area contributed by atoms with Gasteiger partial charge in [-0.25, -0.2) is 14.8 Å². The molecule has 0 aliphatic carbocycles. The molecule has 2 aromatic rings. The van der Waals surface area contributed by atoms with Crippen LogP contribution in [0.15, 0.2) is 12.4 Å². The van der Waals surface area contributed by atoms with Crippen LogP contribution in [0.2, 0.25) is 0 Å². The molecule has 0 unspecified atom stereocenters. The summed E-state index contributed by atoms with van der Waals surface area (Å²) >= 11 is 1.32. The Morgan fingerprint density at radius 3 is 2.95 bits per heavy atom. The number of esters is 1. The van der Waals surface area contributed by atoms with Crippen LogP contribution in [0.25, 0.3) is 10.6 Å². The average molecular weight is 318 g/mol. The molecule has 2 aromatic heterocycles. The maximum Gasteiger partial charge on any atom is 0.348 e. The van der Waals surface area contributed by atoms with E-state index in [4.69, 9.17) is 4.74 Å². The molecule has 0 aromatic carbocycles. The molecule has 0 bridgehead atoms. The van der Waals surface area contributed by atoms with Gasteiger partial charge in [0.2, 0.25) is 5.91 Å². The van der Waals surface area contributed by atoms with Gasteiger partial charge < -0.3 is 15.0 Å². The molecule has 0 fully saturated rings. The van der Waals surface area contributed by atoms with Gasteiger partial charge in [0.25, 0.3) is 0 Å². The van der Waals surface area contributed by atoms with Gasteiger partial charge in [-0.1, -0.05) is 0 Å². The highest BCUT2D eigenvalue weighted by Gasteiger charge is 2.26. The second-order valence-corrected chi connectivity index (χ2v) is 5.99. The third kappa shape index (κ3) is 2.31. The fourth-order valence-electron chi connectivity index (χ4n) is 2.38. The highest BCUT2D eigenvalue weighted by molar-refractivity contribution is 7.17. The quantitative estimate of drug-likeness (QED) is 0.848. The normalized spacial score (nSPS) is 13.6. The lowest BCUT2D eigenvalue weighted by Gasteiger charge is -2.27. The Morgan fingerprint density at radius 2 is 2.23 bits per heavy atom. The number of ether oxygens (including phenoxy) is 1. The molecule has 1 aliphatic rings. The lowest BCUT2D eigenvalue weighted by molar-refractivity contribution is -0.115. The summed E-state index contributed by atoms with van der Waals surface area (Å²) in [6.45, 7) is 2.15. The van der Waals surface area contributed by atoms with Crippen LogP contribution in [0.3, 0.4) is 0 Å². The topological polar surface area (TPSA) is 84.4 Å². The zero-order valence-electron chi connectivity index (χ0n) is 12.3. The molecular weight excluding hydrogens is 304 g/mol. The summed E-state index contributed by atoms with van der Waals surface area (Å²) in [4.78, 5) is 35.0. The molecule has 3 heterocycles. The van der Waals surface area contributed by atoms with Crippen LogP contribution < -0.4 is 10.2 Å². The molecule has 0 atom stereocenters. The fraction of sp³-hybridized carbons (Fsp3) is 0.286. The molecule has 0 spiro atoms. The van der Waals surface area contributed by atoms with Crippen molar-refractivity contribution in [2.75, 3.05) is 30.9 Å². The van der Waals surface area contributed by atoms with E-state index in [-0.39, 0.29) is 18.4 Å². The molecule has 3 rings (SSSR count). The van der Waals surface area contributed by atoms with E-state index in [0.717, 1.165) is 16.1 Å². The summed E-state index contributed by atoms with van der Waals surface area (Å²) in [6.07, 6.45) is 1.41. The molecule has 7 nitrogen and oxygen atoms in total. The highest BCUT2D eigenvalue weighted by Crippen LogP contribution is 2.40. The Balaban J connectivity index is 2.14. The summed E-state index contributed by atoms with van der Waals surface area (Å²) in [6, 6.07) is 1.78. The molecule has 8 heteroatoms. The van der Waals surface area contributed by atoms with Crippen molar-refractivity contribution in [3.63, 3.8) is 0 Å². The van der Waals surface area contributed by atoms with Crippen molar-refractivity contribution in [3.05, 3.63) is 22.8 Å². The van der Waals surface area contributed by atoms with E-state index in [1.54, 1.807) is 11.0 Å². The second-order valence-electron chi connectivity index (χ2n) is 4.94. The maximum absolute atomic E-state index is 11.7. The van der Waals surface area contributed by atoms with Crippen LogP contribution in [0, 0.1) is 6.92 Å². The number of methoxy groups -OCH3 is 1. The third-order valence-corrected chi connectivity index (χ3v) is 4.59. The molecule has 114 valence electrons. The van der Waals surface area contributed by atoms with E-state index in [1.807, 2.05) is 14.0 Å². The number of anilines is 2. The van der Waals surface area contributed by atoms with E-state index < -0.39 is 0 Å². The van der Waals surface area contributed by atoms with E-state index in [0.29, 0.717) is 16.4 Å². The molecule has 1 N–H and O–H groups in total. The predicted octanol–water partition coefficient (Wildman–Crippen LogP) is 1.69. The van der Waals surface area contributed by atoms with Crippen molar-refractivity contribution in [1.82, 2.24) is 9.97 Å². The van der Waals surface area contributed by atoms with Crippen LogP contribution in [0.1, 0.15) is 15.2 Å². The number of carbonyl (C=O) groups excluding carboxylic acids is 2. The third-order valence-electron chi connectivity index (χ3n) is 3.36. The summed E-state index contributed by atoms with van der Waals surface area (Å²) in [5.41, 5.74) is 2.38. The van der Waals surface area contributed by atoms with E-state index in [2.05, 4.69) is 15.3 Å². The van der Waals surface area contributed by atoms with Crippen molar-refractivity contribution in [2.24, 2.45) is 0 Å². The number of hydrogen-bond donors (Lipinski definition) is 1. The van der Waals surface area contributed by atoms with Gasteiger partial charge in [0.05, 0.1) is 18.5 Å². The van der Waals surface area contributed by atoms with Crippen LogP contribution in [0.4, 0.5) is 11.5 Å². The molecule has 1 amide bonds. The van der Waals surface area contributed by atoms with Crippen molar-refractivity contribution in [1.29, 1.82) is 0 Å². The van der Waals surface area contributed by atoms with Gasteiger partial charge in [-0.15, -0.1) is 11.3 Å². The Labute approximate surface area is 130 Å². The summed E-state index contributed by atoms with van der Waals surface area (Å²) in [5, 5.41) is 2.74. The standard InChI is InChI=1S/C14H14N4O3S/c1-7-4-8(14(20)21-3)22-12(7)10-11-13(16-6-15-10)17-9(19)5-18(11)2/h4,6H,5H2,1-3H3,(H,15,16,17,19). The molecule has 1 aliphatic heterocycles. The minimum Gasteiger partial charge on any atom is -0.465 e. The first-order chi connectivity index (χ1) is 10.5. The number of nitrogens with one attached hydrogen (secondary N) is 1. The van der Waals surface area contributed by atoms with Gasteiger partial charge in [-0.05, 0) is 18.6 Å². The fourth-order valence-corrected chi connectivity index (χ4v) is 3.47. The molecule has 0 saturated heterocycles. The Morgan fingerprint density at radius 1 is 1.45 bits per heavy atom. The van der Waals surface area contributed by atoms with Crippen molar-refractivity contribution in [3.8, 4) is 10.6 Å². The number of carbonyl (C=O) groups is 2. The minimum absolute atomic E-state index is 0.113. The lowest BCUT2D eigenvalue weighted by Crippen LogP contribution is -2.36. The smallest absolute Gasteiger partial charge is 0.348 e. The van der Waals surface area contributed by atoms with Crippen LogP contribution in [-0.4, -0.2) is 42.5 Å². The first-order valence-electron chi connectivity index (χ1n) is 6.56. The van der Waals surface area contributed by atoms with E-state index >= 15 is 0 Å². The van der Waals surface area contributed by atoms with Gasteiger partial charge >= 0.3 is 5.97 Å². The van der Waals surface area contributed by atoms with Gasteiger partial charge in [0.1, 0.15) is 22.6 Å². The number of aromatic nitrogens is 2. The van der Waals surface area contributed by atoms with Gasteiger partial charge in [-0.2, -0.15) is 0 Å². The van der Waals surface area contributed by atoms with E-state index in [9.17, 15) is 9.59 Å². The largest absolute Gasteiger partial charge is 0.465 e. The SMILES string of the molecule is COC(=O)c1cc(C)c(-c2ncnc3c2N(C)CC(=O)N3)s1. The number of likely N-dealkylation sites (N-methyl/N-ethyl adjacent to an activating group) is 1. The zero-order chi connectivity index (χ0) is 15.9. The Kier molecular flexibility index (Phi) is 3.53. The number of aryl methyl sites for hydroxylation is 1. The van der Waals surface area contributed by atoms with Crippen LogP contribution >= 0.6 is 11.3 Å². The second kappa shape index (κ2) is 5.38. The number of rotatable bonds is 2. The van der Waals surface area contributed by atoms with Crippen molar-refractivity contribution >= 4 is 34.7 Å². The maximum atomic E-state index is 11.7. The van der Waals surface area contributed by atoms with Crippen molar-refractivity contribution in [2.45, 2.75) is 6.92 Å². The molecular formula is C14H14N4O3S. The Bertz CT molecular complexity index is 771. The van der Waals surface area contributed by atoms with Gasteiger partial charge in [-0.3, -0.25) is 4.79 Å². The highest BCUT2D eigenvalue weighted by atomic mass is 32.1. The summed E-state index contributed by atoms with van der Waals surface area (Å²) < 4.78 is 4.76. The van der Waals surface area contributed by atoms with Gasteiger partial charge in [0.15, 0.2) is 5.82 Å². The lowest BCUT2D eigenvalue weighted by atomic mass is 10.1. The first-order valence-corrected chi connectivity index (χ1v) is 7.38. The van der Waals surface area contributed by atoms with E-state index in [1.165, 1.54) is 24.8 Å². The monoisotopic (exact) mass is 318 g/mol. The minimum atomic E-state index is -0.371. The number of amides is 1. The molecule has 0 saturated carbocycles. The molecule has 22 heavy (non-hydrogen) atoms. The Hall–Kier alpha value is -2.48. The van der Waals surface area contributed by atoms with Gasteiger partial charge in [0, 0.05) is 7.05 Å². The number of thiophene rings is 1. The number of nitrogens with zero attached hydrogens (tertiary/aromatic N) is 3. The average Bonchev–Trinajstić information content (AvgIpc) is 2.87. The summed E-state index contributed by atoms with van der Waals surface area (Å²) in [7, 11) is 3.17. The predicted molar refractivity (Wildman–Crippen MR) is 83.3 cm³/mol. The molecule has 0 radical (unpaired) electrons.